The molecule has 5 nitrogen and oxygen atoms in total. The number of hydrogen-bond donors (Lipinski definition) is 0. The summed E-state index contributed by atoms with van der Waals surface area (Å²) in [5.41, 5.74) is 0. The predicted molar refractivity (Wildman–Crippen MR) is 67.9 cm³/mol. The Hall–Kier alpha value is -0.433. The molecule has 0 aliphatic rings. The Morgan fingerprint density at radius 1 is 1.12 bits per heavy atom. The molecular formula is C10H24N2O3Si. The highest BCUT2D eigenvalue weighted by Gasteiger charge is 2.36. The fraction of sp³-hybridized carbons (Fsp3) is 0.900. The van der Waals surface area contributed by atoms with Crippen molar-refractivity contribution in [2.75, 3.05) is 42.0 Å². The van der Waals surface area contributed by atoms with Crippen LogP contribution in [-0.4, -0.2) is 61.5 Å². The molecule has 0 saturated heterocycles. The Balaban J connectivity index is 4.01. The number of hydrogen-bond acceptors (Lipinski definition) is 4. The molecule has 0 amide bonds. The van der Waals surface area contributed by atoms with Crippen molar-refractivity contribution < 1.29 is 13.3 Å². The summed E-state index contributed by atoms with van der Waals surface area (Å²) in [5.74, 6) is 1.03. The zero-order valence-corrected chi connectivity index (χ0v) is 12.2. The highest BCUT2D eigenvalue weighted by Crippen LogP contribution is 2.14. The van der Waals surface area contributed by atoms with Gasteiger partial charge in [0.15, 0.2) is 0 Å². The van der Waals surface area contributed by atoms with E-state index < -0.39 is 8.80 Å². The molecule has 16 heavy (non-hydrogen) atoms. The van der Waals surface area contributed by atoms with Crippen molar-refractivity contribution in [3.8, 4) is 0 Å². The molecule has 0 fully saturated rings. The second-order valence-corrected chi connectivity index (χ2v) is 6.81. The maximum atomic E-state index is 5.33. The van der Waals surface area contributed by atoms with Gasteiger partial charge in [0.2, 0.25) is 0 Å². The van der Waals surface area contributed by atoms with Crippen LogP contribution < -0.4 is 0 Å². The van der Waals surface area contributed by atoms with Gasteiger partial charge in [-0.1, -0.05) is 0 Å². The van der Waals surface area contributed by atoms with Crippen LogP contribution in [0.25, 0.3) is 0 Å². The lowest BCUT2D eigenvalue weighted by atomic mass is 10.5. The van der Waals surface area contributed by atoms with Crippen LogP contribution in [0.4, 0.5) is 0 Å². The van der Waals surface area contributed by atoms with Gasteiger partial charge in [-0.15, -0.1) is 0 Å². The number of amidine groups is 1. The smallest absolute Gasteiger partial charge is 0.377 e. The fourth-order valence-electron chi connectivity index (χ4n) is 1.23. The Kier molecular flexibility index (Phi) is 7.57. The third-order valence-corrected chi connectivity index (χ3v) is 5.39. The van der Waals surface area contributed by atoms with Crippen LogP contribution in [0.2, 0.25) is 6.04 Å². The molecule has 0 unspecified atom stereocenters. The Labute approximate surface area is 99.8 Å². The van der Waals surface area contributed by atoms with Crippen LogP contribution in [0.5, 0.6) is 0 Å². The van der Waals surface area contributed by atoms with Crippen molar-refractivity contribution in [1.82, 2.24) is 4.90 Å². The van der Waals surface area contributed by atoms with E-state index in [0.717, 1.165) is 24.8 Å². The number of rotatable bonds is 7. The van der Waals surface area contributed by atoms with Gasteiger partial charge >= 0.3 is 8.80 Å². The molecule has 0 spiro atoms. The van der Waals surface area contributed by atoms with Crippen LogP contribution in [0.1, 0.15) is 13.3 Å². The summed E-state index contributed by atoms with van der Waals surface area (Å²) in [7, 11) is 6.46. The van der Waals surface area contributed by atoms with Crippen LogP contribution in [-0.2, 0) is 13.3 Å². The quantitative estimate of drug-likeness (QED) is 0.294. The van der Waals surface area contributed by atoms with Crippen molar-refractivity contribution in [2.45, 2.75) is 19.4 Å². The van der Waals surface area contributed by atoms with Gasteiger partial charge in [0.25, 0.3) is 0 Å². The van der Waals surface area contributed by atoms with E-state index in [1.807, 2.05) is 25.9 Å². The maximum absolute atomic E-state index is 5.33. The molecule has 0 aromatic heterocycles. The van der Waals surface area contributed by atoms with E-state index in [1.165, 1.54) is 0 Å². The summed E-state index contributed by atoms with van der Waals surface area (Å²) < 4.78 is 16.0. The van der Waals surface area contributed by atoms with Gasteiger partial charge in [-0.05, 0) is 13.3 Å². The first-order valence-electron chi connectivity index (χ1n) is 5.35. The third kappa shape index (κ3) is 5.07. The average Bonchev–Trinajstić information content (AvgIpc) is 2.30. The molecule has 0 radical (unpaired) electrons. The molecule has 0 saturated carbocycles. The predicted octanol–water partition coefficient (Wildman–Crippen LogP) is 1.23. The molecule has 0 aliphatic heterocycles. The SMILES string of the molecule is CO[Si](CCC/N=C(\C)N(C)C)(OC)OC. The zero-order chi connectivity index (χ0) is 12.6. The molecule has 0 atom stereocenters. The van der Waals surface area contributed by atoms with E-state index in [4.69, 9.17) is 13.3 Å². The van der Waals surface area contributed by atoms with Crippen LogP contribution in [0.15, 0.2) is 4.99 Å². The lowest BCUT2D eigenvalue weighted by Gasteiger charge is -2.23. The van der Waals surface area contributed by atoms with Crippen LogP contribution >= 0.6 is 0 Å². The first kappa shape index (κ1) is 15.6. The Bertz CT molecular complexity index is 210. The van der Waals surface area contributed by atoms with E-state index in [0.29, 0.717) is 0 Å². The highest BCUT2D eigenvalue weighted by atomic mass is 28.4. The molecule has 0 aliphatic carbocycles. The summed E-state index contributed by atoms with van der Waals surface area (Å²) in [5, 5.41) is 0. The van der Waals surface area contributed by atoms with Crippen molar-refractivity contribution in [1.29, 1.82) is 0 Å². The Morgan fingerprint density at radius 2 is 1.62 bits per heavy atom. The van der Waals surface area contributed by atoms with Gasteiger partial charge in [0, 0.05) is 48.0 Å². The molecule has 96 valence electrons. The first-order valence-corrected chi connectivity index (χ1v) is 7.28. The van der Waals surface area contributed by atoms with Crippen LogP contribution in [0, 0.1) is 0 Å². The molecule has 0 heterocycles. The normalized spacial score (nSPS) is 13.0. The number of aliphatic imine (C=N–C) groups is 1. The van der Waals surface area contributed by atoms with E-state index in [2.05, 4.69) is 4.99 Å². The summed E-state index contributed by atoms with van der Waals surface area (Å²) in [4.78, 5) is 6.42. The summed E-state index contributed by atoms with van der Waals surface area (Å²) in [6.45, 7) is 2.77. The minimum atomic E-state index is -2.40. The highest BCUT2D eigenvalue weighted by molar-refractivity contribution is 6.60. The molecule has 0 rings (SSSR count). The molecule has 0 N–H and O–H groups in total. The molecule has 0 bridgehead atoms. The van der Waals surface area contributed by atoms with E-state index in [1.54, 1.807) is 21.3 Å². The van der Waals surface area contributed by atoms with Gasteiger partial charge < -0.3 is 18.2 Å². The van der Waals surface area contributed by atoms with Crippen molar-refractivity contribution >= 4 is 14.6 Å². The second kappa shape index (κ2) is 7.78. The van der Waals surface area contributed by atoms with E-state index >= 15 is 0 Å². The summed E-state index contributed by atoms with van der Waals surface area (Å²) in [6.07, 6.45) is 0.910. The van der Waals surface area contributed by atoms with E-state index in [-0.39, 0.29) is 0 Å². The monoisotopic (exact) mass is 248 g/mol. The van der Waals surface area contributed by atoms with Crippen molar-refractivity contribution in [3.63, 3.8) is 0 Å². The first-order chi connectivity index (χ1) is 7.51. The summed E-state index contributed by atoms with van der Waals surface area (Å²) in [6, 6.07) is 0.792. The lowest BCUT2D eigenvalue weighted by Crippen LogP contribution is -2.42. The standard InChI is InChI=1S/C10H24N2O3Si/c1-10(12(2)3)11-8-7-9-16(13-4,14-5)15-6/h7-9H2,1-6H3/b11-10+. The van der Waals surface area contributed by atoms with E-state index in [9.17, 15) is 0 Å². The Morgan fingerprint density at radius 3 is 2.00 bits per heavy atom. The van der Waals surface area contributed by atoms with Crippen LogP contribution in [0.3, 0.4) is 0 Å². The number of nitrogens with zero attached hydrogens (tertiary/aromatic N) is 2. The second-order valence-electron chi connectivity index (χ2n) is 3.72. The van der Waals surface area contributed by atoms with Crippen molar-refractivity contribution in [2.24, 2.45) is 4.99 Å². The van der Waals surface area contributed by atoms with Gasteiger partial charge in [0.1, 0.15) is 0 Å². The van der Waals surface area contributed by atoms with Gasteiger partial charge in [0.05, 0.1) is 5.84 Å². The fourth-order valence-corrected chi connectivity index (χ4v) is 2.94. The maximum Gasteiger partial charge on any atom is 0.500 e. The van der Waals surface area contributed by atoms with Gasteiger partial charge in [-0.25, -0.2) is 0 Å². The topological polar surface area (TPSA) is 43.3 Å². The molecule has 0 aromatic carbocycles. The zero-order valence-electron chi connectivity index (χ0n) is 11.2. The average molecular weight is 248 g/mol. The third-order valence-electron chi connectivity index (χ3n) is 2.56. The van der Waals surface area contributed by atoms with Crippen molar-refractivity contribution in [3.05, 3.63) is 0 Å². The molecule has 0 aromatic rings. The molecular weight excluding hydrogens is 224 g/mol. The van der Waals surface area contributed by atoms with Gasteiger partial charge in [-0.3, -0.25) is 4.99 Å². The summed E-state index contributed by atoms with van der Waals surface area (Å²) >= 11 is 0. The minimum absolute atomic E-state index is 0.773. The molecule has 6 heteroatoms. The van der Waals surface area contributed by atoms with Gasteiger partial charge in [-0.2, -0.15) is 0 Å². The largest absolute Gasteiger partial charge is 0.500 e. The minimum Gasteiger partial charge on any atom is -0.377 e. The lowest BCUT2D eigenvalue weighted by molar-refractivity contribution is 0.123.